The van der Waals surface area contributed by atoms with Gasteiger partial charge in [-0.25, -0.2) is 4.98 Å². The maximum Gasteiger partial charge on any atom is 0.232 e. The molecule has 3 aromatic rings. The molecule has 0 aliphatic rings. The van der Waals surface area contributed by atoms with Crippen LogP contribution in [0.2, 0.25) is 0 Å². The van der Waals surface area contributed by atoms with Crippen molar-refractivity contribution in [2.45, 2.75) is 26.7 Å². The van der Waals surface area contributed by atoms with Crippen LogP contribution in [0.15, 0.2) is 66.7 Å². The first kappa shape index (κ1) is 17.9. The molecule has 26 heavy (non-hydrogen) atoms. The number of aryl methyl sites for hydroxylation is 2. The molecule has 1 N–H and O–H groups in total. The molecular formula is C22H26N4. The standard InChI is InChI=1S/C22H26N4/c1-3-26(20-14-8-5-9-15-20)22-24-18(2)17-21(25-22)23-16-10-13-19-11-6-4-7-12-19/h4-9,11-12,14-15,17H,3,10,13,16H2,1-2H3,(H,23,24,25). The van der Waals surface area contributed by atoms with Crippen LogP contribution in [0.4, 0.5) is 17.5 Å². The molecule has 0 aliphatic heterocycles. The molecule has 0 aliphatic carbocycles. The Morgan fingerprint density at radius 3 is 2.31 bits per heavy atom. The molecule has 134 valence electrons. The Kier molecular flexibility index (Phi) is 6.20. The minimum Gasteiger partial charge on any atom is -0.370 e. The molecule has 1 heterocycles. The van der Waals surface area contributed by atoms with Crippen molar-refractivity contribution in [3.8, 4) is 0 Å². The first-order chi connectivity index (χ1) is 12.8. The van der Waals surface area contributed by atoms with E-state index >= 15 is 0 Å². The molecule has 0 saturated carbocycles. The van der Waals surface area contributed by atoms with Gasteiger partial charge in [0.1, 0.15) is 5.82 Å². The second-order valence-corrected chi connectivity index (χ2v) is 6.29. The Hall–Kier alpha value is -2.88. The summed E-state index contributed by atoms with van der Waals surface area (Å²) in [6.45, 7) is 5.84. The number of anilines is 3. The Bertz CT molecular complexity index is 803. The van der Waals surface area contributed by atoms with Crippen LogP contribution in [0.1, 0.15) is 24.6 Å². The molecule has 4 nitrogen and oxygen atoms in total. The molecule has 1 aromatic heterocycles. The van der Waals surface area contributed by atoms with Crippen LogP contribution < -0.4 is 10.2 Å². The van der Waals surface area contributed by atoms with E-state index in [2.05, 4.69) is 64.6 Å². The van der Waals surface area contributed by atoms with E-state index in [4.69, 9.17) is 4.98 Å². The summed E-state index contributed by atoms with van der Waals surface area (Å²) in [6, 6.07) is 22.9. The smallest absolute Gasteiger partial charge is 0.232 e. The fourth-order valence-corrected chi connectivity index (χ4v) is 2.97. The van der Waals surface area contributed by atoms with Crippen LogP contribution in [0, 0.1) is 6.92 Å². The second-order valence-electron chi connectivity index (χ2n) is 6.29. The molecule has 3 rings (SSSR count). The molecule has 4 heteroatoms. The number of nitrogens with one attached hydrogen (secondary N) is 1. The van der Waals surface area contributed by atoms with Gasteiger partial charge in [-0.2, -0.15) is 4.98 Å². The number of hydrogen-bond acceptors (Lipinski definition) is 4. The van der Waals surface area contributed by atoms with Gasteiger partial charge in [-0.15, -0.1) is 0 Å². The maximum atomic E-state index is 4.73. The van der Waals surface area contributed by atoms with E-state index in [-0.39, 0.29) is 0 Å². The average molecular weight is 346 g/mol. The summed E-state index contributed by atoms with van der Waals surface area (Å²) in [5, 5.41) is 3.45. The van der Waals surface area contributed by atoms with Gasteiger partial charge in [-0.1, -0.05) is 48.5 Å². The van der Waals surface area contributed by atoms with Crippen molar-refractivity contribution in [2.75, 3.05) is 23.3 Å². The van der Waals surface area contributed by atoms with Gasteiger partial charge in [-0.3, -0.25) is 0 Å². The van der Waals surface area contributed by atoms with Gasteiger partial charge in [-0.05, 0) is 44.4 Å². The zero-order valence-corrected chi connectivity index (χ0v) is 15.5. The molecule has 0 radical (unpaired) electrons. The number of para-hydroxylation sites is 1. The van der Waals surface area contributed by atoms with Crippen molar-refractivity contribution < 1.29 is 0 Å². The van der Waals surface area contributed by atoms with Gasteiger partial charge in [0.05, 0.1) is 0 Å². The van der Waals surface area contributed by atoms with Crippen LogP contribution in [0.5, 0.6) is 0 Å². The van der Waals surface area contributed by atoms with E-state index in [1.165, 1.54) is 5.56 Å². The molecular weight excluding hydrogens is 320 g/mol. The highest BCUT2D eigenvalue weighted by Crippen LogP contribution is 2.23. The number of aromatic nitrogens is 2. The van der Waals surface area contributed by atoms with Crippen LogP contribution in [0.3, 0.4) is 0 Å². The van der Waals surface area contributed by atoms with Crippen molar-refractivity contribution in [1.82, 2.24) is 9.97 Å². The summed E-state index contributed by atoms with van der Waals surface area (Å²) in [6.07, 6.45) is 2.13. The van der Waals surface area contributed by atoms with Crippen LogP contribution in [-0.2, 0) is 6.42 Å². The van der Waals surface area contributed by atoms with E-state index in [1.807, 2.05) is 31.2 Å². The fraction of sp³-hybridized carbons (Fsp3) is 0.273. The lowest BCUT2D eigenvalue weighted by atomic mass is 10.1. The second kappa shape index (κ2) is 8.99. The highest BCUT2D eigenvalue weighted by atomic mass is 15.3. The fourth-order valence-electron chi connectivity index (χ4n) is 2.97. The van der Waals surface area contributed by atoms with E-state index < -0.39 is 0 Å². The topological polar surface area (TPSA) is 41.1 Å². The van der Waals surface area contributed by atoms with Crippen molar-refractivity contribution in [3.05, 3.63) is 78.0 Å². The summed E-state index contributed by atoms with van der Waals surface area (Å²) in [5.41, 5.74) is 3.45. The molecule has 0 atom stereocenters. The summed E-state index contributed by atoms with van der Waals surface area (Å²) in [5.74, 6) is 1.62. The first-order valence-corrected chi connectivity index (χ1v) is 9.22. The van der Waals surface area contributed by atoms with Crippen molar-refractivity contribution in [1.29, 1.82) is 0 Å². The van der Waals surface area contributed by atoms with Gasteiger partial charge in [0.25, 0.3) is 0 Å². The maximum absolute atomic E-state index is 4.73. The van der Waals surface area contributed by atoms with Crippen molar-refractivity contribution >= 4 is 17.5 Å². The lowest BCUT2D eigenvalue weighted by Crippen LogP contribution is -2.20. The van der Waals surface area contributed by atoms with Gasteiger partial charge < -0.3 is 10.2 Å². The van der Waals surface area contributed by atoms with Gasteiger partial charge >= 0.3 is 0 Å². The Morgan fingerprint density at radius 1 is 0.923 bits per heavy atom. The average Bonchev–Trinajstić information content (AvgIpc) is 2.67. The SMILES string of the molecule is CCN(c1ccccc1)c1nc(C)cc(NCCCc2ccccc2)n1. The van der Waals surface area contributed by atoms with Crippen LogP contribution in [-0.4, -0.2) is 23.1 Å². The third kappa shape index (κ3) is 4.82. The van der Waals surface area contributed by atoms with Crippen LogP contribution >= 0.6 is 0 Å². The normalized spacial score (nSPS) is 10.5. The predicted octanol–water partition coefficient (Wildman–Crippen LogP) is 4.99. The quantitative estimate of drug-likeness (QED) is 0.584. The number of nitrogens with zero attached hydrogens (tertiary/aromatic N) is 3. The van der Waals surface area contributed by atoms with Gasteiger partial charge in [0, 0.05) is 30.5 Å². The zero-order chi connectivity index (χ0) is 18.2. The Morgan fingerprint density at radius 2 is 1.62 bits per heavy atom. The predicted molar refractivity (Wildman–Crippen MR) is 109 cm³/mol. The summed E-state index contributed by atoms with van der Waals surface area (Å²) in [4.78, 5) is 11.5. The third-order valence-corrected chi connectivity index (χ3v) is 4.26. The largest absolute Gasteiger partial charge is 0.370 e. The molecule has 0 spiro atoms. The third-order valence-electron chi connectivity index (χ3n) is 4.26. The Labute approximate surface area is 155 Å². The van der Waals surface area contributed by atoms with Crippen molar-refractivity contribution in [3.63, 3.8) is 0 Å². The molecule has 0 amide bonds. The van der Waals surface area contributed by atoms with Gasteiger partial charge in [0.2, 0.25) is 5.95 Å². The van der Waals surface area contributed by atoms with Crippen molar-refractivity contribution in [2.24, 2.45) is 0 Å². The highest BCUT2D eigenvalue weighted by molar-refractivity contribution is 5.58. The van der Waals surface area contributed by atoms with E-state index in [9.17, 15) is 0 Å². The zero-order valence-electron chi connectivity index (χ0n) is 15.5. The number of hydrogen-bond donors (Lipinski definition) is 1. The molecule has 2 aromatic carbocycles. The lowest BCUT2D eigenvalue weighted by Gasteiger charge is -2.22. The lowest BCUT2D eigenvalue weighted by molar-refractivity contribution is 0.854. The van der Waals surface area contributed by atoms with E-state index in [0.717, 1.165) is 49.1 Å². The minimum atomic E-state index is 0.740. The molecule has 0 fully saturated rings. The summed E-state index contributed by atoms with van der Waals surface area (Å²) < 4.78 is 0. The molecule has 0 saturated heterocycles. The number of benzene rings is 2. The van der Waals surface area contributed by atoms with Gasteiger partial charge in [0.15, 0.2) is 0 Å². The number of rotatable bonds is 8. The van der Waals surface area contributed by atoms with E-state index in [1.54, 1.807) is 0 Å². The Balaban J connectivity index is 1.65. The summed E-state index contributed by atoms with van der Waals surface area (Å²) in [7, 11) is 0. The van der Waals surface area contributed by atoms with Crippen LogP contribution in [0.25, 0.3) is 0 Å². The monoisotopic (exact) mass is 346 g/mol. The summed E-state index contributed by atoms with van der Waals surface area (Å²) >= 11 is 0. The minimum absolute atomic E-state index is 0.740. The first-order valence-electron chi connectivity index (χ1n) is 9.22. The molecule has 0 bridgehead atoms. The van der Waals surface area contributed by atoms with E-state index in [0.29, 0.717) is 0 Å². The molecule has 0 unspecified atom stereocenters. The highest BCUT2D eigenvalue weighted by Gasteiger charge is 2.11.